The molecule has 0 rings (SSSR count). The number of carboxylic acid groups (broad SMARTS) is 1. The van der Waals surface area contributed by atoms with Crippen molar-refractivity contribution in [3.63, 3.8) is 0 Å². The third kappa shape index (κ3) is 5.09. The van der Waals surface area contributed by atoms with Crippen LogP contribution in [0.3, 0.4) is 0 Å². The normalized spacial score (nSPS) is 12.2. The third-order valence-electron chi connectivity index (χ3n) is 2.18. The van der Waals surface area contributed by atoms with E-state index in [1.54, 1.807) is 0 Å². The van der Waals surface area contributed by atoms with Crippen molar-refractivity contribution in [3.8, 4) is 0 Å². The topological polar surface area (TPSA) is 76.1 Å². The van der Waals surface area contributed by atoms with Gasteiger partial charge in [-0.05, 0) is 6.92 Å². The van der Waals surface area contributed by atoms with Gasteiger partial charge in [0, 0.05) is 27.3 Å². The van der Waals surface area contributed by atoms with E-state index >= 15 is 0 Å². The van der Waals surface area contributed by atoms with Crippen LogP contribution in [0.4, 0.5) is 0 Å². The van der Waals surface area contributed by atoms with Crippen LogP contribution in [-0.2, 0) is 19.1 Å². The van der Waals surface area contributed by atoms with Crippen LogP contribution in [-0.4, -0.2) is 62.4 Å². The van der Waals surface area contributed by atoms with Crippen LogP contribution in [0.25, 0.3) is 0 Å². The fraction of sp³-hybridized carbons (Fsp3) is 0.800. The predicted molar refractivity (Wildman–Crippen MR) is 57.1 cm³/mol. The number of hydrogen-bond acceptors (Lipinski definition) is 4. The summed E-state index contributed by atoms with van der Waals surface area (Å²) in [5.41, 5.74) is 0. The van der Waals surface area contributed by atoms with Crippen molar-refractivity contribution in [2.24, 2.45) is 5.92 Å². The molecule has 0 fully saturated rings. The summed E-state index contributed by atoms with van der Waals surface area (Å²) in [5.74, 6) is -2.57. The van der Waals surface area contributed by atoms with Crippen molar-refractivity contribution in [2.45, 2.75) is 6.92 Å². The predicted octanol–water partition coefficient (Wildman–Crippen LogP) is -0.171. The van der Waals surface area contributed by atoms with Crippen LogP contribution < -0.4 is 0 Å². The number of nitrogens with zero attached hydrogens (tertiary/aromatic N) is 1. The zero-order valence-corrected chi connectivity index (χ0v) is 9.93. The molecule has 0 heterocycles. The van der Waals surface area contributed by atoms with Crippen molar-refractivity contribution >= 4 is 11.9 Å². The first-order valence-corrected chi connectivity index (χ1v) is 5.04. The van der Waals surface area contributed by atoms with E-state index in [-0.39, 0.29) is 0 Å². The summed E-state index contributed by atoms with van der Waals surface area (Å²) in [5, 5.41) is 8.74. The molecule has 1 atom stereocenters. The van der Waals surface area contributed by atoms with E-state index in [2.05, 4.69) is 0 Å². The number of amides is 1. The Morgan fingerprint density at radius 2 is 1.62 bits per heavy atom. The molecule has 0 radical (unpaired) electrons. The fourth-order valence-electron chi connectivity index (χ4n) is 1.11. The Hall–Kier alpha value is -1.14. The molecule has 0 aromatic heterocycles. The van der Waals surface area contributed by atoms with E-state index in [1.165, 1.54) is 26.0 Å². The van der Waals surface area contributed by atoms with Gasteiger partial charge in [-0.2, -0.15) is 0 Å². The van der Waals surface area contributed by atoms with Gasteiger partial charge in [-0.15, -0.1) is 0 Å². The van der Waals surface area contributed by atoms with Gasteiger partial charge in [0.25, 0.3) is 0 Å². The van der Waals surface area contributed by atoms with Gasteiger partial charge in [0.1, 0.15) is 5.92 Å². The molecule has 0 spiro atoms. The molecule has 1 amide bonds. The van der Waals surface area contributed by atoms with E-state index in [1.807, 2.05) is 0 Å². The molecule has 94 valence electrons. The van der Waals surface area contributed by atoms with Crippen LogP contribution >= 0.6 is 0 Å². The lowest BCUT2D eigenvalue weighted by atomic mass is 10.1. The van der Waals surface area contributed by atoms with Crippen molar-refractivity contribution in [2.75, 3.05) is 40.5 Å². The van der Waals surface area contributed by atoms with Gasteiger partial charge in [0.2, 0.25) is 5.91 Å². The van der Waals surface area contributed by atoms with E-state index in [0.29, 0.717) is 26.3 Å². The summed E-state index contributed by atoms with van der Waals surface area (Å²) in [4.78, 5) is 23.8. The quantitative estimate of drug-likeness (QED) is 0.589. The van der Waals surface area contributed by atoms with Crippen molar-refractivity contribution in [1.29, 1.82) is 0 Å². The van der Waals surface area contributed by atoms with Gasteiger partial charge in [-0.25, -0.2) is 0 Å². The number of ether oxygens (including phenoxy) is 2. The molecular formula is C10H19NO5. The van der Waals surface area contributed by atoms with E-state index in [4.69, 9.17) is 14.6 Å². The molecule has 0 aromatic rings. The summed E-state index contributed by atoms with van der Waals surface area (Å²) in [6.45, 7) is 2.87. The maximum atomic E-state index is 11.7. The first kappa shape index (κ1) is 14.9. The molecule has 6 nitrogen and oxygen atoms in total. The minimum absolute atomic E-state index is 0.371. The number of aliphatic carboxylic acids is 1. The average molecular weight is 233 g/mol. The van der Waals surface area contributed by atoms with E-state index in [9.17, 15) is 9.59 Å². The van der Waals surface area contributed by atoms with Crippen LogP contribution in [0.5, 0.6) is 0 Å². The highest BCUT2D eigenvalue weighted by molar-refractivity contribution is 5.96. The molecule has 0 saturated heterocycles. The molecule has 0 bridgehead atoms. The highest BCUT2D eigenvalue weighted by Crippen LogP contribution is 2.03. The van der Waals surface area contributed by atoms with Gasteiger partial charge in [-0.1, -0.05) is 0 Å². The van der Waals surface area contributed by atoms with Crippen LogP contribution in [0.15, 0.2) is 0 Å². The maximum Gasteiger partial charge on any atom is 0.315 e. The Labute approximate surface area is 95.1 Å². The Balaban J connectivity index is 4.35. The highest BCUT2D eigenvalue weighted by Gasteiger charge is 2.25. The Morgan fingerprint density at radius 1 is 1.19 bits per heavy atom. The molecular weight excluding hydrogens is 214 g/mol. The molecule has 1 N–H and O–H groups in total. The number of carbonyl (C=O) groups excluding carboxylic acids is 1. The van der Waals surface area contributed by atoms with E-state index in [0.717, 1.165) is 0 Å². The Bertz CT molecular complexity index is 223. The van der Waals surface area contributed by atoms with Gasteiger partial charge in [-0.3, -0.25) is 9.59 Å². The summed E-state index contributed by atoms with van der Waals surface area (Å²) in [6.07, 6.45) is 0. The molecule has 0 saturated carbocycles. The first-order valence-electron chi connectivity index (χ1n) is 5.04. The summed E-state index contributed by atoms with van der Waals surface area (Å²) in [6, 6.07) is 0. The zero-order chi connectivity index (χ0) is 12.6. The van der Waals surface area contributed by atoms with Crippen LogP contribution in [0.2, 0.25) is 0 Å². The van der Waals surface area contributed by atoms with Crippen LogP contribution in [0.1, 0.15) is 6.92 Å². The number of carboxylic acids is 1. The third-order valence-corrected chi connectivity index (χ3v) is 2.18. The van der Waals surface area contributed by atoms with Gasteiger partial charge >= 0.3 is 5.97 Å². The molecule has 0 aliphatic heterocycles. The van der Waals surface area contributed by atoms with Gasteiger partial charge < -0.3 is 19.5 Å². The minimum atomic E-state index is -1.12. The van der Waals surface area contributed by atoms with Crippen molar-refractivity contribution in [1.82, 2.24) is 4.90 Å². The van der Waals surface area contributed by atoms with E-state index < -0.39 is 17.8 Å². The second-order valence-corrected chi connectivity index (χ2v) is 3.37. The van der Waals surface area contributed by atoms with Crippen molar-refractivity contribution < 1.29 is 24.2 Å². The SMILES string of the molecule is COCCN(CCOC)C(=O)C(C)C(=O)O. The maximum absolute atomic E-state index is 11.7. The monoisotopic (exact) mass is 233 g/mol. The number of methoxy groups -OCH3 is 2. The standard InChI is InChI=1S/C10H19NO5/c1-8(10(13)14)9(12)11(4-6-15-2)5-7-16-3/h8H,4-7H2,1-3H3,(H,13,14). The second kappa shape index (κ2) is 8.06. The fourth-order valence-corrected chi connectivity index (χ4v) is 1.11. The van der Waals surface area contributed by atoms with Crippen molar-refractivity contribution in [3.05, 3.63) is 0 Å². The first-order chi connectivity index (χ1) is 7.54. The molecule has 0 aliphatic rings. The largest absolute Gasteiger partial charge is 0.481 e. The molecule has 6 heteroatoms. The molecule has 0 aliphatic carbocycles. The number of rotatable bonds is 8. The minimum Gasteiger partial charge on any atom is -0.481 e. The average Bonchev–Trinajstić information content (AvgIpc) is 2.27. The lowest BCUT2D eigenvalue weighted by Gasteiger charge is -2.23. The lowest BCUT2D eigenvalue weighted by molar-refractivity contribution is -0.150. The molecule has 1 unspecified atom stereocenters. The Morgan fingerprint density at radius 3 is 1.94 bits per heavy atom. The second-order valence-electron chi connectivity index (χ2n) is 3.37. The lowest BCUT2D eigenvalue weighted by Crippen LogP contribution is -2.41. The molecule has 0 aromatic carbocycles. The highest BCUT2D eigenvalue weighted by atomic mass is 16.5. The van der Waals surface area contributed by atoms with Gasteiger partial charge in [0.05, 0.1) is 13.2 Å². The number of hydrogen-bond donors (Lipinski definition) is 1. The Kier molecular flexibility index (Phi) is 7.49. The summed E-state index contributed by atoms with van der Waals surface area (Å²) < 4.78 is 9.72. The summed E-state index contributed by atoms with van der Waals surface area (Å²) >= 11 is 0. The molecule has 16 heavy (non-hydrogen) atoms. The smallest absolute Gasteiger partial charge is 0.315 e. The number of carbonyl (C=O) groups is 2. The van der Waals surface area contributed by atoms with Crippen LogP contribution in [0, 0.1) is 5.92 Å². The summed E-state index contributed by atoms with van der Waals surface area (Å²) in [7, 11) is 3.05. The zero-order valence-electron chi connectivity index (χ0n) is 9.93. The van der Waals surface area contributed by atoms with Gasteiger partial charge in [0.15, 0.2) is 0 Å².